The molecule has 222 valence electrons. The fourth-order valence-electron chi connectivity index (χ4n) is 3.31. The summed E-state index contributed by atoms with van der Waals surface area (Å²) >= 11 is 0. The molecule has 0 bridgehead atoms. The van der Waals surface area contributed by atoms with Crippen molar-refractivity contribution in [2.75, 3.05) is 13.1 Å². The molecule has 0 aromatic carbocycles. The van der Waals surface area contributed by atoms with Crippen molar-refractivity contribution in [3.05, 3.63) is 0 Å². The van der Waals surface area contributed by atoms with Gasteiger partial charge in [0, 0.05) is 13.1 Å². The number of aliphatic imine (C=N–C) groups is 2. The van der Waals surface area contributed by atoms with Gasteiger partial charge in [-0.1, -0.05) is 20.3 Å². The fourth-order valence-corrected chi connectivity index (χ4v) is 3.31. The number of rotatable bonds is 19. The predicted octanol–water partition coefficient (Wildman–Crippen LogP) is -3.52. The third-order valence-electron chi connectivity index (χ3n) is 5.66. The first-order valence-electron chi connectivity index (χ1n) is 12.4. The molecule has 5 atom stereocenters. The Hall–Kier alpha value is -4.15. The number of carboxylic acid groups (broad SMARTS) is 2. The second kappa shape index (κ2) is 18.2. The predicted molar refractivity (Wildman–Crippen MR) is 143 cm³/mol. The van der Waals surface area contributed by atoms with E-state index in [0.29, 0.717) is 6.42 Å². The van der Waals surface area contributed by atoms with Crippen LogP contribution in [0.3, 0.4) is 0 Å². The van der Waals surface area contributed by atoms with E-state index in [0.717, 1.165) is 0 Å². The highest BCUT2D eigenvalue weighted by Crippen LogP contribution is 2.10. The van der Waals surface area contributed by atoms with Crippen LogP contribution in [-0.4, -0.2) is 89.0 Å². The molecule has 0 rings (SSSR count). The molecule has 0 aromatic rings. The van der Waals surface area contributed by atoms with Gasteiger partial charge in [-0.15, -0.1) is 0 Å². The smallest absolute Gasteiger partial charge is 0.326 e. The van der Waals surface area contributed by atoms with Crippen molar-refractivity contribution in [1.29, 1.82) is 0 Å². The third-order valence-corrected chi connectivity index (χ3v) is 5.66. The summed E-state index contributed by atoms with van der Waals surface area (Å²) < 4.78 is 0. The summed E-state index contributed by atoms with van der Waals surface area (Å²) in [5.41, 5.74) is 26.8. The average Bonchev–Trinajstić information content (AvgIpc) is 2.84. The molecule has 0 radical (unpaired) electrons. The first-order valence-corrected chi connectivity index (χ1v) is 12.4. The van der Waals surface area contributed by atoms with Crippen molar-refractivity contribution < 1.29 is 34.2 Å². The number of hydrogen-bond acceptors (Lipinski definition) is 8. The van der Waals surface area contributed by atoms with E-state index in [1.54, 1.807) is 13.8 Å². The molecule has 0 saturated heterocycles. The van der Waals surface area contributed by atoms with E-state index in [9.17, 15) is 29.1 Å². The molecule has 0 aliphatic heterocycles. The summed E-state index contributed by atoms with van der Waals surface area (Å²) in [5.74, 6) is -5.71. The molecule has 5 unspecified atom stereocenters. The average molecular weight is 559 g/mol. The molecule has 15 N–H and O–H groups in total. The van der Waals surface area contributed by atoms with Crippen LogP contribution in [0.2, 0.25) is 0 Å². The zero-order valence-electron chi connectivity index (χ0n) is 22.3. The topological polar surface area (TPSA) is 317 Å². The summed E-state index contributed by atoms with van der Waals surface area (Å²) in [5, 5.41) is 25.8. The summed E-state index contributed by atoms with van der Waals surface area (Å²) in [6.07, 6.45) is 0.341. The number of amides is 3. The summed E-state index contributed by atoms with van der Waals surface area (Å²) in [6.45, 7) is 3.69. The molecule has 17 nitrogen and oxygen atoms in total. The molecule has 0 aliphatic rings. The minimum Gasteiger partial charge on any atom is -0.481 e. The van der Waals surface area contributed by atoms with Crippen LogP contribution in [-0.2, 0) is 24.0 Å². The van der Waals surface area contributed by atoms with Crippen molar-refractivity contribution in [2.45, 2.75) is 76.5 Å². The van der Waals surface area contributed by atoms with Gasteiger partial charge < -0.3 is 54.8 Å². The SMILES string of the molecule is CCC(C)C(NC(=O)C(CCCN=C(N)N)NC(=O)C(CCCN=C(N)N)NC(=O)C(N)CC(=O)O)C(=O)O. The van der Waals surface area contributed by atoms with E-state index in [2.05, 4.69) is 25.9 Å². The number of carbonyl (C=O) groups excluding carboxylic acids is 3. The first kappa shape index (κ1) is 34.9. The Morgan fingerprint density at radius 3 is 1.59 bits per heavy atom. The molecule has 0 spiro atoms. The van der Waals surface area contributed by atoms with E-state index >= 15 is 0 Å². The molecule has 39 heavy (non-hydrogen) atoms. The number of nitrogens with zero attached hydrogens (tertiary/aromatic N) is 2. The summed E-state index contributed by atoms with van der Waals surface area (Å²) in [6, 6.07) is -5.07. The second-order valence-corrected chi connectivity index (χ2v) is 8.93. The lowest BCUT2D eigenvalue weighted by Gasteiger charge is -2.26. The Balaban J connectivity index is 5.82. The van der Waals surface area contributed by atoms with Gasteiger partial charge in [0.1, 0.15) is 18.1 Å². The monoisotopic (exact) mass is 558 g/mol. The van der Waals surface area contributed by atoms with Crippen LogP contribution in [0.1, 0.15) is 52.4 Å². The summed E-state index contributed by atoms with van der Waals surface area (Å²) in [4.78, 5) is 68.9. The van der Waals surface area contributed by atoms with Crippen LogP contribution in [0, 0.1) is 5.92 Å². The molecule has 17 heteroatoms. The van der Waals surface area contributed by atoms with E-state index < -0.39 is 66.2 Å². The maximum atomic E-state index is 13.2. The van der Waals surface area contributed by atoms with Gasteiger partial charge in [-0.3, -0.25) is 29.2 Å². The first-order chi connectivity index (χ1) is 18.2. The Morgan fingerprint density at radius 2 is 1.21 bits per heavy atom. The normalized spacial score (nSPS) is 14.4. The maximum Gasteiger partial charge on any atom is 0.326 e. The largest absolute Gasteiger partial charge is 0.481 e. The third kappa shape index (κ3) is 15.0. The Labute approximate surface area is 226 Å². The highest BCUT2D eigenvalue weighted by Gasteiger charge is 2.32. The van der Waals surface area contributed by atoms with Crippen LogP contribution >= 0.6 is 0 Å². The van der Waals surface area contributed by atoms with Crippen LogP contribution in [0.4, 0.5) is 0 Å². The van der Waals surface area contributed by atoms with Crippen molar-refractivity contribution >= 4 is 41.6 Å². The minimum absolute atomic E-state index is 0.0150. The van der Waals surface area contributed by atoms with Crippen molar-refractivity contribution in [3.8, 4) is 0 Å². The van der Waals surface area contributed by atoms with Crippen LogP contribution in [0.5, 0.6) is 0 Å². The lowest BCUT2D eigenvalue weighted by atomic mass is 9.98. The number of carbonyl (C=O) groups is 5. The van der Waals surface area contributed by atoms with Gasteiger partial charge in [-0.25, -0.2) is 4.79 Å². The second-order valence-electron chi connectivity index (χ2n) is 8.93. The number of nitrogens with one attached hydrogen (secondary N) is 3. The van der Waals surface area contributed by atoms with Gasteiger partial charge in [-0.05, 0) is 31.6 Å². The quantitative estimate of drug-likeness (QED) is 0.0419. The van der Waals surface area contributed by atoms with Gasteiger partial charge >= 0.3 is 11.9 Å². The van der Waals surface area contributed by atoms with E-state index in [-0.39, 0.29) is 50.7 Å². The highest BCUT2D eigenvalue weighted by molar-refractivity contribution is 5.94. The van der Waals surface area contributed by atoms with Crippen LogP contribution < -0.4 is 44.6 Å². The number of hydrogen-bond donors (Lipinski definition) is 10. The van der Waals surface area contributed by atoms with Crippen molar-refractivity contribution in [3.63, 3.8) is 0 Å². The van der Waals surface area contributed by atoms with Crippen molar-refractivity contribution in [2.24, 2.45) is 44.6 Å². The molecule has 0 fully saturated rings. The molecule has 3 amide bonds. The van der Waals surface area contributed by atoms with Gasteiger partial charge in [0.15, 0.2) is 11.9 Å². The Kier molecular flexibility index (Phi) is 16.2. The van der Waals surface area contributed by atoms with E-state index in [4.69, 9.17) is 33.8 Å². The fraction of sp³-hybridized carbons (Fsp3) is 0.682. The van der Waals surface area contributed by atoms with Gasteiger partial charge in [0.2, 0.25) is 17.7 Å². The van der Waals surface area contributed by atoms with Gasteiger partial charge in [0.05, 0.1) is 12.5 Å². The zero-order chi connectivity index (χ0) is 30.1. The molecule has 0 aromatic heterocycles. The highest BCUT2D eigenvalue weighted by atomic mass is 16.4. The number of nitrogens with two attached hydrogens (primary N) is 5. The van der Waals surface area contributed by atoms with Crippen molar-refractivity contribution in [1.82, 2.24) is 16.0 Å². The Bertz CT molecular complexity index is 904. The molecule has 0 heterocycles. The number of carboxylic acids is 2. The van der Waals surface area contributed by atoms with Gasteiger partial charge in [-0.2, -0.15) is 0 Å². The van der Waals surface area contributed by atoms with E-state index in [1.807, 2.05) is 0 Å². The Morgan fingerprint density at radius 1 is 0.769 bits per heavy atom. The molecule has 0 saturated carbocycles. The van der Waals surface area contributed by atoms with Crippen LogP contribution in [0.15, 0.2) is 9.98 Å². The van der Waals surface area contributed by atoms with E-state index in [1.165, 1.54) is 0 Å². The summed E-state index contributed by atoms with van der Waals surface area (Å²) in [7, 11) is 0. The zero-order valence-corrected chi connectivity index (χ0v) is 22.3. The lowest BCUT2D eigenvalue weighted by molar-refractivity contribution is -0.144. The minimum atomic E-state index is -1.43. The standard InChI is InChI=1S/C22H42N10O7/c1-3-11(2)16(20(38)39)32-19(37)14(7-5-9-29-22(26)27)31-18(36)13(6-4-8-28-21(24)25)30-17(35)12(23)10-15(33)34/h11-14,16H,3-10,23H2,1-2H3,(H,30,35)(H,31,36)(H,32,37)(H,33,34)(H,38,39)(H4,24,25,28)(H4,26,27,29). The molecule has 0 aliphatic carbocycles. The molecular weight excluding hydrogens is 516 g/mol. The molecular formula is C22H42N10O7. The number of guanidine groups is 2. The number of aliphatic carboxylic acids is 2. The van der Waals surface area contributed by atoms with Crippen LogP contribution in [0.25, 0.3) is 0 Å². The maximum absolute atomic E-state index is 13.2. The lowest BCUT2D eigenvalue weighted by Crippen LogP contribution is -2.57. The van der Waals surface area contributed by atoms with Gasteiger partial charge in [0.25, 0.3) is 0 Å².